The molecule has 1 spiro atoms. The quantitative estimate of drug-likeness (QED) is 0.800. The summed E-state index contributed by atoms with van der Waals surface area (Å²) in [4.78, 5) is 26.7. The fraction of sp³-hybridized carbons (Fsp3) is 0.500. The number of hydrogen-bond donors (Lipinski definition) is 2. The Labute approximate surface area is 123 Å². The van der Waals surface area contributed by atoms with Gasteiger partial charge in [0.25, 0.3) is 11.8 Å². The van der Waals surface area contributed by atoms with Crippen molar-refractivity contribution in [2.45, 2.75) is 19.4 Å². The van der Waals surface area contributed by atoms with Gasteiger partial charge in [-0.05, 0) is 31.0 Å². The molecular weight excluding hydrogens is 266 g/mol. The number of carbonyl (C=O) groups is 2. The minimum absolute atomic E-state index is 0.00711. The van der Waals surface area contributed by atoms with Gasteiger partial charge in [0, 0.05) is 31.6 Å². The van der Waals surface area contributed by atoms with E-state index >= 15 is 0 Å². The summed E-state index contributed by atoms with van der Waals surface area (Å²) in [5.74, 6) is -0.113. The van der Waals surface area contributed by atoms with Crippen LogP contribution in [0.4, 0.5) is 0 Å². The van der Waals surface area contributed by atoms with Gasteiger partial charge in [-0.1, -0.05) is 12.1 Å². The first-order valence-corrected chi connectivity index (χ1v) is 7.59. The molecule has 21 heavy (non-hydrogen) atoms. The van der Waals surface area contributed by atoms with Crippen LogP contribution in [0.5, 0.6) is 0 Å². The molecule has 2 saturated heterocycles. The van der Waals surface area contributed by atoms with Crippen molar-refractivity contribution in [3.05, 3.63) is 34.9 Å². The van der Waals surface area contributed by atoms with Gasteiger partial charge >= 0.3 is 0 Å². The minimum Gasteiger partial charge on any atom is -0.348 e. The zero-order valence-corrected chi connectivity index (χ0v) is 11.9. The summed E-state index contributed by atoms with van der Waals surface area (Å²) >= 11 is 0. The predicted molar refractivity (Wildman–Crippen MR) is 78.1 cm³/mol. The van der Waals surface area contributed by atoms with E-state index in [1.165, 1.54) is 0 Å². The third-order valence-corrected chi connectivity index (χ3v) is 5.11. The molecule has 4 rings (SSSR count). The molecule has 0 radical (unpaired) electrons. The predicted octanol–water partition coefficient (Wildman–Crippen LogP) is 0.756. The van der Waals surface area contributed by atoms with Crippen molar-refractivity contribution in [3.63, 3.8) is 0 Å². The molecule has 1 atom stereocenters. The van der Waals surface area contributed by atoms with Crippen molar-refractivity contribution in [1.29, 1.82) is 0 Å². The number of rotatable bonds is 1. The fourth-order valence-corrected chi connectivity index (χ4v) is 3.88. The van der Waals surface area contributed by atoms with Crippen molar-refractivity contribution in [2.75, 3.05) is 26.2 Å². The smallest absolute Gasteiger partial charge is 0.254 e. The Morgan fingerprint density at radius 2 is 2.19 bits per heavy atom. The number of benzene rings is 1. The average molecular weight is 285 g/mol. The standard InChI is InChI=1S/C16H19N3O2/c20-14-13-11(8-18-14)2-1-3-12(13)15(21)19-7-5-16(10-19)4-6-17-9-16/h1-3,17H,4-10H2,(H,18,20). The second-order valence-corrected chi connectivity index (χ2v) is 6.43. The van der Waals surface area contributed by atoms with Gasteiger partial charge in [-0.25, -0.2) is 0 Å². The second-order valence-electron chi connectivity index (χ2n) is 6.43. The Kier molecular flexibility index (Phi) is 2.79. The molecule has 3 aliphatic heterocycles. The highest BCUT2D eigenvalue weighted by Crippen LogP contribution is 2.37. The normalized spacial score (nSPS) is 27.2. The summed E-state index contributed by atoms with van der Waals surface area (Å²) in [7, 11) is 0. The molecule has 2 amide bonds. The molecule has 0 saturated carbocycles. The molecule has 5 heteroatoms. The van der Waals surface area contributed by atoms with Gasteiger partial charge in [-0.3, -0.25) is 9.59 Å². The largest absolute Gasteiger partial charge is 0.348 e. The van der Waals surface area contributed by atoms with Crippen LogP contribution < -0.4 is 10.6 Å². The first-order chi connectivity index (χ1) is 10.2. The van der Waals surface area contributed by atoms with Crippen molar-refractivity contribution in [3.8, 4) is 0 Å². The summed E-state index contributed by atoms with van der Waals surface area (Å²) in [6, 6.07) is 5.57. The topological polar surface area (TPSA) is 61.4 Å². The molecule has 2 N–H and O–H groups in total. The number of carbonyl (C=O) groups excluding carboxylic acids is 2. The van der Waals surface area contributed by atoms with Gasteiger partial charge in [-0.15, -0.1) is 0 Å². The Hall–Kier alpha value is -1.88. The monoisotopic (exact) mass is 285 g/mol. The molecule has 0 bridgehead atoms. The van der Waals surface area contributed by atoms with Gasteiger partial charge in [0.2, 0.25) is 0 Å². The van der Waals surface area contributed by atoms with E-state index in [9.17, 15) is 9.59 Å². The number of likely N-dealkylation sites (tertiary alicyclic amines) is 1. The van der Waals surface area contributed by atoms with Crippen LogP contribution in [0.2, 0.25) is 0 Å². The van der Waals surface area contributed by atoms with Gasteiger partial charge in [0.15, 0.2) is 0 Å². The van der Waals surface area contributed by atoms with Crippen LogP contribution >= 0.6 is 0 Å². The number of hydrogen-bond acceptors (Lipinski definition) is 3. The summed E-state index contributed by atoms with van der Waals surface area (Å²) in [6.07, 6.45) is 2.21. The van der Waals surface area contributed by atoms with E-state index in [-0.39, 0.29) is 17.2 Å². The zero-order chi connectivity index (χ0) is 14.4. The molecule has 2 fully saturated rings. The van der Waals surface area contributed by atoms with E-state index in [0.29, 0.717) is 17.7 Å². The average Bonchev–Trinajstić information content (AvgIpc) is 3.21. The minimum atomic E-state index is -0.120. The molecule has 3 aliphatic rings. The lowest BCUT2D eigenvalue weighted by Gasteiger charge is -2.23. The van der Waals surface area contributed by atoms with Crippen LogP contribution in [0.1, 0.15) is 39.1 Å². The lowest BCUT2D eigenvalue weighted by atomic mass is 9.86. The molecule has 1 aromatic carbocycles. The Bertz CT molecular complexity index is 620. The lowest BCUT2D eigenvalue weighted by Crippen LogP contribution is -2.34. The number of amides is 2. The first-order valence-electron chi connectivity index (χ1n) is 7.59. The second kappa shape index (κ2) is 4.56. The van der Waals surface area contributed by atoms with Crippen molar-refractivity contribution >= 4 is 11.8 Å². The van der Waals surface area contributed by atoms with Crippen molar-refractivity contribution < 1.29 is 9.59 Å². The maximum absolute atomic E-state index is 12.8. The van der Waals surface area contributed by atoms with Gasteiger partial charge in [-0.2, -0.15) is 0 Å². The number of fused-ring (bicyclic) bond motifs is 1. The van der Waals surface area contributed by atoms with Crippen LogP contribution in [-0.2, 0) is 6.54 Å². The van der Waals surface area contributed by atoms with E-state index in [4.69, 9.17) is 0 Å². The first kappa shape index (κ1) is 12.8. The maximum atomic E-state index is 12.8. The molecule has 3 heterocycles. The van der Waals surface area contributed by atoms with Crippen LogP contribution in [0, 0.1) is 5.41 Å². The summed E-state index contributed by atoms with van der Waals surface area (Å²) in [5, 5.41) is 6.20. The van der Waals surface area contributed by atoms with E-state index in [2.05, 4.69) is 10.6 Å². The van der Waals surface area contributed by atoms with E-state index in [0.717, 1.165) is 44.6 Å². The highest BCUT2D eigenvalue weighted by Gasteiger charge is 2.42. The van der Waals surface area contributed by atoms with E-state index in [1.54, 1.807) is 6.07 Å². The Balaban J connectivity index is 1.62. The highest BCUT2D eigenvalue weighted by atomic mass is 16.2. The zero-order valence-electron chi connectivity index (χ0n) is 11.9. The third kappa shape index (κ3) is 1.95. The van der Waals surface area contributed by atoms with E-state index in [1.807, 2.05) is 17.0 Å². The van der Waals surface area contributed by atoms with Crippen LogP contribution in [0.15, 0.2) is 18.2 Å². The molecule has 1 unspecified atom stereocenters. The van der Waals surface area contributed by atoms with Gasteiger partial charge in [0.05, 0.1) is 11.1 Å². The van der Waals surface area contributed by atoms with Crippen LogP contribution in [0.25, 0.3) is 0 Å². The van der Waals surface area contributed by atoms with Crippen LogP contribution in [0.3, 0.4) is 0 Å². The lowest BCUT2D eigenvalue weighted by molar-refractivity contribution is 0.0770. The summed E-state index contributed by atoms with van der Waals surface area (Å²) < 4.78 is 0. The maximum Gasteiger partial charge on any atom is 0.254 e. The van der Waals surface area contributed by atoms with E-state index < -0.39 is 0 Å². The molecule has 110 valence electrons. The number of nitrogens with one attached hydrogen (secondary N) is 2. The molecule has 0 aromatic heterocycles. The van der Waals surface area contributed by atoms with Crippen molar-refractivity contribution in [2.24, 2.45) is 5.41 Å². The van der Waals surface area contributed by atoms with Gasteiger partial charge in [0.1, 0.15) is 0 Å². The van der Waals surface area contributed by atoms with Crippen molar-refractivity contribution in [1.82, 2.24) is 15.5 Å². The van der Waals surface area contributed by atoms with Crippen LogP contribution in [-0.4, -0.2) is 42.9 Å². The Morgan fingerprint density at radius 1 is 1.29 bits per heavy atom. The van der Waals surface area contributed by atoms with Gasteiger partial charge < -0.3 is 15.5 Å². The highest BCUT2D eigenvalue weighted by molar-refractivity contribution is 6.09. The third-order valence-electron chi connectivity index (χ3n) is 5.11. The molecular formula is C16H19N3O2. The molecule has 5 nitrogen and oxygen atoms in total. The summed E-state index contributed by atoms with van der Waals surface area (Å²) in [6.45, 7) is 4.19. The molecule has 0 aliphatic carbocycles. The fourth-order valence-electron chi connectivity index (χ4n) is 3.88. The number of nitrogens with zero attached hydrogens (tertiary/aromatic N) is 1. The summed E-state index contributed by atoms with van der Waals surface area (Å²) in [5.41, 5.74) is 2.33. The SMILES string of the molecule is O=C1NCc2cccc(C(=O)N3CCC4(CCNC4)C3)c21. The Morgan fingerprint density at radius 3 is 3.00 bits per heavy atom. The molecule has 1 aromatic rings.